The lowest BCUT2D eigenvalue weighted by molar-refractivity contribution is -0.142. The number of benzene rings is 1. The van der Waals surface area contributed by atoms with E-state index in [9.17, 15) is 29.4 Å². The predicted molar refractivity (Wildman–Crippen MR) is 119 cm³/mol. The maximum atomic E-state index is 12.9. The molecule has 0 spiro atoms. The predicted octanol–water partition coefficient (Wildman–Crippen LogP) is 0.135. The van der Waals surface area contributed by atoms with Crippen LogP contribution in [0.25, 0.3) is 0 Å². The number of carbonyl (C=O) groups is 4. The molecule has 1 aromatic carbocycles. The highest BCUT2D eigenvalue weighted by Crippen LogP contribution is 2.12. The molecular formula is C22H34N4O6. The minimum Gasteiger partial charge on any atom is -0.508 e. The number of phenolic OH excluding ortho intramolecular Hbond substituents is 1. The summed E-state index contributed by atoms with van der Waals surface area (Å²) >= 11 is 0. The number of aliphatic carboxylic acids is 1. The number of nitrogens with two attached hydrogens (primary N) is 1. The van der Waals surface area contributed by atoms with Crippen molar-refractivity contribution in [3.8, 4) is 5.75 Å². The summed E-state index contributed by atoms with van der Waals surface area (Å²) < 4.78 is 0. The molecule has 3 unspecified atom stereocenters. The van der Waals surface area contributed by atoms with Crippen molar-refractivity contribution in [2.24, 2.45) is 17.6 Å². The second kappa shape index (κ2) is 12.7. The molecular weight excluding hydrogens is 416 g/mol. The summed E-state index contributed by atoms with van der Waals surface area (Å²) in [5.74, 6) is -3.11. The van der Waals surface area contributed by atoms with Crippen molar-refractivity contribution in [3.05, 3.63) is 29.8 Å². The van der Waals surface area contributed by atoms with Gasteiger partial charge in [0.05, 0.1) is 6.54 Å². The highest BCUT2D eigenvalue weighted by atomic mass is 16.4. The van der Waals surface area contributed by atoms with Crippen molar-refractivity contribution in [2.45, 2.75) is 58.7 Å². The first kappa shape index (κ1) is 26.9. The average Bonchev–Trinajstić information content (AvgIpc) is 2.71. The number of hydrogen-bond acceptors (Lipinski definition) is 6. The van der Waals surface area contributed by atoms with E-state index in [1.165, 1.54) is 12.1 Å². The van der Waals surface area contributed by atoms with Crippen LogP contribution in [-0.2, 0) is 25.6 Å². The lowest BCUT2D eigenvalue weighted by atomic mass is 9.99. The maximum absolute atomic E-state index is 12.9. The van der Waals surface area contributed by atoms with Crippen LogP contribution in [0.3, 0.4) is 0 Å². The van der Waals surface area contributed by atoms with E-state index in [2.05, 4.69) is 16.0 Å². The molecule has 3 atom stereocenters. The fourth-order valence-corrected chi connectivity index (χ4v) is 3.07. The van der Waals surface area contributed by atoms with Gasteiger partial charge >= 0.3 is 5.97 Å². The fraction of sp³-hybridized carbons (Fsp3) is 0.545. The number of carboxylic acid groups (broad SMARTS) is 1. The Morgan fingerprint density at radius 2 is 1.50 bits per heavy atom. The standard InChI is InChI=1S/C22H34N4O6/c1-12(2)9-16(24-18(28)11-23)20(29)26-19(13(3)4)21(30)25-17(22(31)32)10-14-5-7-15(27)8-6-14/h5-8,12-13,16-17,19,27H,9-11,23H2,1-4H3,(H,24,28)(H,25,30)(H,26,29)(H,31,32). The summed E-state index contributed by atoms with van der Waals surface area (Å²) in [4.78, 5) is 49.1. The van der Waals surface area contributed by atoms with Crippen LogP contribution in [0.15, 0.2) is 24.3 Å². The van der Waals surface area contributed by atoms with E-state index in [0.29, 0.717) is 12.0 Å². The lowest BCUT2D eigenvalue weighted by Gasteiger charge is -2.27. The molecule has 3 amide bonds. The molecule has 0 aliphatic rings. The third-order valence-corrected chi connectivity index (χ3v) is 4.78. The van der Waals surface area contributed by atoms with Gasteiger partial charge in [-0.05, 0) is 36.0 Å². The largest absolute Gasteiger partial charge is 0.508 e. The van der Waals surface area contributed by atoms with Gasteiger partial charge in [0.1, 0.15) is 23.9 Å². The zero-order valence-electron chi connectivity index (χ0n) is 18.9. The quantitative estimate of drug-likeness (QED) is 0.263. The lowest BCUT2D eigenvalue weighted by Crippen LogP contribution is -2.58. The van der Waals surface area contributed by atoms with Crippen LogP contribution in [0, 0.1) is 11.8 Å². The molecule has 1 rings (SSSR count). The minimum absolute atomic E-state index is 0.00263. The number of carboxylic acids is 1. The first-order chi connectivity index (χ1) is 14.9. The monoisotopic (exact) mass is 450 g/mol. The second-order valence-corrected chi connectivity index (χ2v) is 8.45. The van der Waals surface area contributed by atoms with Crippen LogP contribution in [0.4, 0.5) is 0 Å². The van der Waals surface area contributed by atoms with Gasteiger partial charge in [0.25, 0.3) is 0 Å². The molecule has 0 radical (unpaired) electrons. The summed E-state index contributed by atoms with van der Waals surface area (Å²) in [5.41, 5.74) is 5.94. The van der Waals surface area contributed by atoms with Crippen molar-refractivity contribution in [1.29, 1.82) is 0 Å². The summed E-state index contributed by atoms with van der Waals surface area (Å²) in [6, 6.07) is 2.88. The van der Waals surface area contributed by atoms with Crippen LogP contribution >= 0.6 is 0 Å². The van der Waals surface area contributed by atoms with Crippen LogP contribution in [0.5, 0.6) is 5.75 Å². The van der Waals surface area contributed by atoms with Gasteiger partial charge < -0.3 is 31.9 Å². The number of carbonyl (C=O) groups excluding carboxylic acids is 3. The van der Waals surface area contributed by atoms with Gasteiger partial charge in [-0.25, -0.2) is 4.79 Å². The van der Waals surface area contributed by atoms with E-state index in [4.69, 9.17) is 5.73 Å². The number of phenols is 1. The van der Waals surface area contributed by atoms with E-state index >= 15 is 0 Å². The SMILES string of the molecule is CC(C)CC(NC(=O)CN)C(=O)NC(C(=O)NC(Cc1ccc(O)cc1)C(=O)O)C(C)C. The first-order valence-electron chi connectivity index (χ1n) is 10.5. The van der Waals surface area contributed by atoms with Gasteiger partial charge in [0, 0.05) is 6.42 Å². The number of rotatable bonds is 12. The highest BCUT2D eigenvalue weighted by Gasteiger charge is 2.31. The Kier molecular flexibility index (Phi) is 10.6. The van der Waals surface area contributed by atoms with Crippen LogP contribution < -0.4 is 21.7 Å². The molecule has 0 aliphatic heterocycles. The molecule has 0 heterocycles. The Hall–Kier alpha value is -3.14. The summed E-state index contributed by atoms with van der Waals surface area (Å²) in [7, 11) is 0. The number of nitrogens with one attached hydrogen (secondary N) is 3. The van der Waals surface area contributed by atoms with E-state index < -0.39 is 41.8 Å². The normalized spacial score (nSPS) is 13.8. The van der Waals surface area contributed by atoms with E-state index in [1.807, 2.05) is 13.8 Å². The van der Waals surface area contributed by atoms with Gasteiger partial charge in [-0.1, -0.05) is 39.8 Å². The fourth-order valence-electron chi connectivity index (χ4n) is 3.07. The Morgan fingerprint density at radius 3 is 1.97 bits per heavy atom. The number of aromatic hydroxyl groups is 1. The van der Waals surface area contributed by atoms with Crippen LogP contribution in [0.2, 0.25) is 0 Å². The molecule has 0 fully saturated rings. The third kappa shape index (κ3) is 8.93. The molecule has 1 aromatic rings. The Morgan fingerprint density at radius 1 is 0.906 bits per heavy atom. The smallest absolute Gasteiger partial charge is 0.326 e. The second-order valence-electron chi connectivity index (χ2n) is 8.45. The Labute approximate surface area is 187 Å². The van der Waals surface area contributed by atoms with Gasteiger partial charge in [-0.15, -0.1) is 0 Å². The molecule has 0 aromatic heterocycles. The number of amides is 3. The molecule has 0 aliphatic carbocycles. The van der Waals surface area contributed by atoms with Crippen molar-refractivity contribution in [3.63, 3.8) is 0 Å². The summed E-state index contributed by atoms with van der Waals surface area (Å²) in [6.45, 7) is 6.95. The van der Waals surface area contributed by atoms with Gasteiger partial charge in [-0.2, -0.15) is 0 Å². The van der Waals surface area contributed by atoms with Crippen molar-refractivity contribution in [2.75, 3.05) is 6.54 Å². The van der Waals surface area contributed by atoms with E-state index in [0.717, 1.165) is 0 Å². The molecule has 0 bridgehead atoms. The summed E-state index contributed by atoms with van der Waals surface area (Å²) in [6.07, 6.45) is 0.352. The van der Waals surface area contributed by atoms with Crippen LogP contribution in [-0.4, -0.2) is 58.6 Å². The van der Waals surface area contributed by atoms with Gasteiger partial charge in [0.2, 0.25) is 17.7 Å². The zero-order valence-corrected chi connectivity index (χ0v) is 18.9. The molecule has 10 heteroatoms. The first-order valence-corrected chi connectivity index (χ1v) is 10.5. The van der Waals surface area contributed by atoms with Gasteiger partial charge in [-0.3, -0.25) is 14.4 Å². The topological polar surface area (TPSA) is 171 Å². The molecule has 178 valence electrons. The molecule has 0 saturated heterocycles. The van der Waals surface area contributed by atoms with Crippen molar-refractivity contribution in [1.82, 2.24) is 16.0 Å². The van der Waals surface area contributed by atoms with Crippen LogP contribution in [0.1, 0.15) is 39.7 Å². The minimum atomic E-state index is -1.23. The number of hydrogen-bond donors (Lipinski definition) is 6. The van der Waals surface area contributed by atoms with Gasteiger partial charge in [0.15, 0.2) is 0 Å². The third-order valence-electron chi connectivity index (χ3n) is 4.78. The Balaban J connectivity index is 2.93. The van der Waals surface area contributed by atoms with Crippen molar-refractivity contribution >= 4 is 23.7 Å². The maximum Gasteiger partial charge on any atom is 0.326 e. The van der Waals surface area contributed by atoms with E-state index in [1.54, 1.807) is 26.0 Å². The Bertz CT molecular complexity index is 794. The zero-order chi connectivity index (χ0) is 24.4. The highest BCUT2D eigenvalue weighted by molar-refractivity contribution is 5.93. The molecule has 7 N–H and O–H groups in total. The van der Waals surface area contributed by atoms with Crippen molar-refractivity contribution < 1.29 is 29.4 Å². The average molecular weight is 451 g/mol. The van der Waals surface area contributed by atoms with E-state index in [-0.39, 0.29) is 30.6 Å². The summed E-state index contributed by atoms with van der Waals surface area (Å²) in [5, 5.41) is 26.6. The molecule has 10 nitrogen and oxygen atoms in total. The molecule has 32 heavy (non-hydrogen) atoms. The molecule has 0 saturated carbocycles.